The van der Waals surface area contributed by atoms with E-state index in [4.69, 9.17) is 9.15 Å². The number of aryl methyl sites for hydroxylation is 1. The fraction of sp³-hybridized carbons (Fsp3) is 0.115. The quantitative estimate of drug-likeness (QED) is 0.432. The van der Waals surface area contributed by atoms with Crippen LogP contribution in [0.15, 0.2) is 94.7 Å². The molecule has 1 atom stereocenters. The van der Waals surface area contributed by atoms with Crippen LogP contribution in [-0.2, 0) is 12.0 Å². The number of benzene rings is 3. The maximum atomic E-state index is 12.1. The van der Waals surface area contributed by atoms with Gasteiger partial charge in [0.2, 0.25) is 0 Å². The summed E-state index contributed by atoms with van der Waals surface area (Å²) in [5, 5.41) is 0.932. The van der Waals surface area contributed by atoms with Gasteiger partial charge >= 0.3 is 5.63 Å². The van der Waals surface area contributed by atoms with Gasteiger partial charge in [-0.15, -0.1) is 0 Å². The molecule has 29 heavy (non-hydrogen) atoms. The van der Waals surface area contributed by atoms with E-state index in [-0.39, 0.29) is 5.63 Å². The van der Waals surface area contributed by atoms with Gasteiger partial charge in [0, 0.05) is 34.6 Å². The number of fused-ring (bicyclic) bond motifs is 3. The highest BCUT2D eigenvalue weighted by atomic mass is 16.5. The molecule has 0 N–H and O–H groups in total. The maximum absolute atomic E-state index is 12.1. The van der Waals surface area contributed by atoms with Gasteiger partial charge in [-0.25, -0.2) is 4.79 Å². The van der Waals surface area contributed by atoms with Crippen LogP contribution in [0, 0.1) is 6.92 Å². The standard InChI is InChI=1S/C26H20O3/c1-17-15-24(27)28-25-21(17)13-14-23-22(25)16-26(29-23,20-11-7-4-8-12-20)18(2)19-9-5-3-6-10-19/h3-15H,2,16H2,1H3. The minimum Gasteiger partial charge on any atom is -0.477 e. The summed E-state index contributed by atoms with van der Waals surface area (Å²) in [5.41, 5.74) is 4.22. The van der Waals surface area contributed by atoms with Crippen molar-refractivity contribution in [1.82, 2.24) is 0 Å². The normalized spacial score (nSPS) is 17.7. The predicted octanol–water partition coefficient (Wildman–Crippen LogP) is 5.65. The average molecular weight is 380 g/mol. The van der Waals surface area contributed by atoms with Crippen molar-refractivity contribution in [2.45, 2.75) is 18.9 Å². The van der Waals surface area contributed by atoms with Crippen LogP contribution in [0.5, 0.6) is 5.75 Å². The first-order valence-corrected chi connectivity index (χ1v) is 9.64. The van der Waals surface area contributed by atoms with Crippen LogP contribution in [0.4, 0.5) is 0 Å². The molecule has 1 aliphatic rings. The zero-order valence-electron chi connectivity index (χ0n) is 16.1. The van der Waals surface area contributed by atoms with Gasteiger partial charge in [-0.3, -0.25) is 0 Å². The van der Waals surface area contributed by atoms with Gasteiger partial charge in [0.25, 0.3) is 0 Å². The van der Waals surface area contributed by atoms with Gasteiger partial charge < -0.3 is 9.15 Å². The summed E-state index contributed by atoms with van der Waals surface area (Å²) in [6.07, 6.45) is 0.545. The van der Waals surface area contributed by atoms with Crippen molar-refractivity contribution in [2.75, 3.05) is 0 Å². The number of rotatable bonds is 3. The van der Waals surface area contributed by atoms with E-state index in [1.807, 2.05) is 67.6 Å². The average Bonchev–Trinajstić information content (AvgIpc) is 3.16. The highest BCUT2D eigenvalue weighted by Gasteiger charge is 2.45. The van der Waals surface area contributed by atoms with Crippen molar-refractivity contribution in [3.05, 3.63) is 118 Å². The molecule has 1 unspecified atom stereocenters. The van der Waals surface area contributed by atoms with Crippen LogP contribution in [0.2, 0.25) is 0 Å². The molecule has 0 saturated carbocycles. The third kappa shape index (κ3) is 2.70. The molecule has 3 heteroatoms. The van der Waals surface area contributed by atoms with Gasteiger partial charge in [0.1, 0.15) is 11.3 Å². The summed E-state index contributed by atoms with van der Waals surface area (Å²) in [6.45, 7) is 6.36. The zero-order chi connectivity index (χ0) is 20.0. The molecule has 1 aromatic heterocycles. The Labute approximate surface area is 168 Å². The Hall–Kier alpha value is -3.59. The first-order valence-electron chi connectivity index (χ1n) is 9.64. The Kier molecular flexibility index (Phi) is 3.92. The van der Waals surface area contributed by atoms with Crippen LogP contribution >= 0.6 is 0 Å². The van der Waals surface area contributed by atoms with Gasteiger partial charge in [0.05, 0.1) is 0 Å². The van der Waals surface area contributed by atoms with Crippen LogP contribution in [0.25, 0.3) is 16.5 Å². The molecule has 2 heterocycles. The molecule has 0 amide bonds. The second-order valence-corrected chi connectivity index (χ2v) is 7.48. The monoisotopic (exact) mass is 380 g/mol. The third-order valence-electron chi connectivity index (χ3n) is 5.74. The Bertz CT molecular complexity index is 1290. The largest absolute Gasteiger partial charge is 0.477 e. The van der Waals surface area contributed by atoms with E-state index in [1.54, 1.807) is 0 Å². The second-order valence-electron chi connectivity index (χ2n) is 7.48. The van der Waals surface area contributed by atoms with Crippen molar-refractivity contribution in [1.29, 1.82) is 0 Å². The topological polar surface area (TPSA) is 39.4 Å². The molecule has 5 rings (SSSR count). The number of ether oxygens (including phenoxy) is 1. The Morgan fingerprint density at radius 2 is 1.66 bits per heavy atom. The van der Waals surface area contributed by atoms with Crippen LogP contribution in [0.3, 0.4) is 0 Å². The number of hydrogen-bond acceptors (Lipinski definition) is 3. The maximum Gasteiger partial charge on any atom is 0.336 e. The molecule has 142 valence electrons. The zero-order valence-corrected chi connectivity index (χ0v) is 16.1. The lowest BCUT2D eigenvalue weighted by molar-refractivity contribution is 0.161. The second kappa shape index (κ2) is 6.49. The Morgan fingerprint density at radius 3 is 2.38 bits per heavy atom. The van der Waals surface area contributed by atoms with E-state index in [0.29, 0.717) is 12.0 Å². The lowest BCUT2D eigenvalue weighted by atomic mass is 9.80. The minimum atomic E-state index is -0.762. The summed E-state index contributed by atoms with van der Waals surface area (Å²) < 4.78 is 12.3. The van der Waals surface area contributed by atoms with Crippen molar-refractivity contribution >= 4 is 16.5 Å². The molecule has 0 radical (unpaired) electrons. The molecular formula is C26H20O3. The van der Waals surface area contributed by atoms with Gasteiger partial charge in [-0.1, -0.05) is 67.2 Å². The lowest BCUT2D eigenvalue weighted by Crippen LogP contribution is -2.32. The molecule has 1 aliphatic heterocycles. The summed E-state index contributed by atoms with van der Waals surface area (Å²) in [5.74, 6) is 0.729. The SMILES string of the molecule is C=C(c1ccccc1)C1(c2ccccc2)Cc2c(ccc3c(C)cc(=O)oc23)O1. The molecular weight excluding hydrogens is 360 g/mol. The van der Waals surface area contributed by atoms with Crippen molar-refractivity contribution in [3.8, 4) is 5.75 Å². The first kappa shape index (κ1) is 17.5. The lowest BCUT2D eigenvalue weighted by Gasteiger charge is -2.32. The molecule has 4 aromatic rings. The molecule has 0 bridgehead atoms. The molecule has 3 nitrogen and oxygen atoms in total. The third-order valence-corrected chi connectivity index (χ3v) is 5.74. The van der Waals surface area contributed by atoms with Crippen LogP contribution in [-0.4, -0.2) is 0 Å². The van der Waals surface area contributed by atoms with E-state index in [9.17, 15) is 4.79 Å². The summed E-state index contributed by atoms with van der Waals surface area (Å²) in [4.78, 5) is 12.1. The summed E-state index contributed by atoms with van der Waals surface area (Å²) in [6, 6.07) is 25.6. The highest BCUT2D eigenvalue weighted by molar-refractivity contribution is 5.87. The van der Waals surface area contributed by atoms with Crippen molar-refractivity contribution in [3.63, 3.8) is 0 Å². The van der Waals surface area contributed by atoms with Gasteiger partial charge in [0.15, 0.2) is 5.60 Å². The molecule has 0 aliphatic carbocycles. The Balaban J connectivity index is 1.74. The fourth-order valence-corrected chi connectivity index (χ4v) is 4.24. The van der Waals surface area contributed by atoms with Gasteiger partial charge in [-0.05, 0) is 30.2 Å². The predicted molar refractivity (Wildman–Crippen MR) is 115 cm³/mol. The summed E-state index contributed by atoms with van der Waals surface area (Å²) in [7, 11) is 0. The molecule has 3 aromatic carbocycles. The van der Waals surface area contributed by atoms with E-state index in [1.165, 1.54) is 6.07 Å². The molecule has 0 spiro atoms. The minimum absolute atomic E-state index is 0.345. The van der Waals surface area contributed by atoms with E-state index in [2.05, 4.69) is 18.7 Å². The van der Waals surface area contributed by atoms with Gasteiger partial charge in [-0.2, -0.15) is 0 Å². The summed E-state index contributed by atoms with van der Waals surface area (Å²) >= 11 is 0. The highest BCUT2D eigenvalue weighted by Crippen LogP contribution is 2.50. The van der Waals surface area contributed by atoms with Crippen molar-refractivity contribution in [2.24, 2.45) is 0 Å². The molecule has 0 fully saturated rings. The van der Waals surface area contributed by atoms with E-state index >= 15 is 0 Å². The fourth-order valence-electron chi connectivity index (χ4n) is 4.24. The van der Waals surface area contributed by atoms with Crippen LogP contribution < -0.4 is 10.4 Å². The van der Waals surface area contributed by atoms with Crippen molar-refractivity contribution < 1.29 is 9.15 Å². The first-order chi connectivity index (χ1) is 14.1. The Morgan fingerprint density at radius 1 is 0.966 bits per heavy atom. The number of hydrogen-bond donors (Lipinski definition) is 0. The smallest absolute Gasteiger partial charge is 0.336 e. The molecule has 0 saturated heterocycles. The van der Waals surface area contributed by atoms with E-state index < -0.39 is 5.60 Å². The van der Waals surface area contributed by atoms with Crippen LogP contribution in [0.1, 0.15) is 22.3 Å². The van der Waals surface area contributed by atoms with E-state index in [0.717, 1.165) is 39.0 Å².